The summed E-state index contributed by atoms with van der Waals surface area (Å²) in [5, 5.41) is 0. The van der Waals surface area contributed by atoms with Gasteiger partial charge in [-0.05, 0) is 24.3 Å². The van der Waals surface area contributed by atoms with Crippen LogP contribution in [0.3, 0.4) is 0 Å². The van der Waals surface area contributed by atoms with Gasteiger partial charge in [0.25, 0.3) is 0 Å². The number of halogens is 2. The average molecular weight is 607 g/mol. The average Bonchev–Trinajstić information content (AvgIpc) is 2.35. The van der Waals surface area contributed by atoms with Crippen LogP contribution >= 0.6 is 38.7 Å². The van der Waals surface area contributed by atoms with Crippen molar-refractivity contribution in [3.63, 3.8) is 0 Å². The van der Waals surface area contributed by atoms with Crippen LogP contribution in [0.5, 0.6) is 0 Å². The van der Waals surface area contributed by atoms with Gasteiger partial charge in [0.2, 0.25) is 0 Å². The van der Waals surface area contributed by atoms with Crippen molar-refractivity contribution in [2.24, 2.45) is 0 Å². The fraction of sp³-hybridized carbons (Fsp3) is 0. The summed E-state index contributed by atoms with van der Waals surface area (Å²) in [6, 6.07) is 11.4. The molecule has 0 saturated heterocycles. The largest absolute Gasteiger partial charge is 0.265 e. The molecule has 5 heteroatoms. The minimum absolute atomic E-state index is 0.523. The van der Waals surface area contributed by atoms with Gasteiger partial charge in [0.05, 0.1) is 0 Å². The Balaban J connectivity index is 0.000000210. The molecule has 2 heterocycles. The second-order valence-electron chi connectivity index (χ2n) is 2.09. The topological polar surface area (TPSA) is 25.8 Å². The first kappa shape index (κ1) is 15.4. The Kier molecular flexibility index (Phi) is 14.9. The fourth-order valence-corrected chi connectivity index (χ4v) is 0.625. The van der Waals surface area contributed by atoms with Gasteiger partial charge in [-0.25, -0.2) is 0 Å². The number of hydrogen-bond acceptors (Lipinski definition) is 2. The van der Waals surface area contributed by atoms with Gasteiger partial charge in [-0.2, -0.15) is 0 Å². The van der Waals surface area contributed by atoms with Crippen molar-refractivity contribution in [3.8, 4) is 0 Å². The van der Waals surface area contributed by atoms with Crippen molar-refractivity contribution >= 4 is 38.7 Å². The van der Waals surface area contributed by atoms with Gasteiger partial charge < -0.3 is 0 Å². The Morgan fingerprint density at radius 1 is 0.600 bits per heavy atom. The van der Waals surface area contributed by atoms with Crippen molar-refractivity contribution in [1.29, 1.82) is 0 Å². The molecule has 0 unspecified atom stereocenters. The van der Waals surface area contributed by atoms with Crippen LogP contribution in [-0.4, -0.2) is 9.97 Å². The zero-order valence-corrected chi connectivity index (χ0v) is 14.3. The summed E-state index contributed by atoms with van der Waals surface area (Å²) in [4.78, 5) is 7.57. The molecule has 2 nitrogen and oxygen atoms in total. The zero-order chi connectivity index (χ0) is 11.2. The normalized spacial score (nSPS) is 7.87. The molecule has 0 aromatic carbocycles. The van der Waals surface area contributed by atoms with Crippen LogP contribution in [-0.2, 0) is 11.2 Å². The third-order valence-corrected chi connectivity index (χ3v) is 1.13. The predicted octanol–water partition coefficient (Wildman–Crippen LogP) is 3.93. The summed E-state index contributed by atoms with van der Waals surface area (Å²) >= 11 is 5.30. The van der Waals surface area contributed by atoms with Gasteiger partial charge in [0.1, 0.15) is 0 Å². The van der Waals surface area contributed by atoms with E-state index in [4.69, 9.17) is 0 Å². The maximum Gasteiger partial charge on any atom is 0.0267 e. The Morgan fingerprint density at radius 2 is 0.867 bits per heavy atom. The molecule has 2 rings (SSSR count). The summed E-state index contributed by atoms with van der Waals surface area (Å²) in [7, 11) is 0. The minimum Gasteiger partial charge on any atom is -0.265 e. The zero-order valence-electron chi connectivity index (χ0n) is 7.74. The van der Waals surface area contributed by atoms with E-state index in [2.05, 4.69) is 48.7 Å². The molecule has 84 valence electrons. The molecule has 0 atom stereocenters. The maximum atomic E-state index is 3.78. The summed E-state index contributed by atoms with van der Waals surface area (Å²) in [6.45, 7) is 0. The van der Waals surface area contributed by atoms with E-state index in [0.29, 0.717) is 11.2 Å². The minimum atomic E-state index is 0.523. The number of pyridine rings is 2. The van der Waals surface area contributed by atoms with Crippen LogP contribution in [0, 0.1) is 0 Å². The van der Waals surface area contributed by atoms with Crippen LogP contribution in [0.2, 0.25) is 0 Å². The summed E-state index contributed by atoms with van der Waals surface area (Å²) in [5.41, 5.74) is 0. The monoisotopic (exact) mass is 607 g/mol. The van der Waals surface area contributed by atoms with E-state index in [1.807, 2.05) is 36.4 Å². The molecule has 0 spiro atoms. The third kappa shape index (κ3) is 14.4. The van der Waals surface area contributed by atoms with E-state index < -0.39 is 0 Å². The molecule has 0 saturated carbocycles. The Labute approximate surface area is 119 Å². The van der Waals surface area contributed by atoms with Crippen LogP contribution in [0.4, 0.5) is 0 Å². The maximum absolute atomic E-state index is 3.78. The molecule has 2 aromatic rings. The molecular formula is C10H10I2N2Pt. The Hall–Kier alpha value is 0.448. The van der Waals surface area contributed by atoms with Gasteiger partial charge in [-0.3, -0.25) is 9.97 Å². The van der Waals surface area contributed by atoms with Gasteiger partial charge in [0, 0.05) is 24.8 Å². The SMILES string of the molecule is [I][Pt][I].c1ccncc1.c1ccncc1. The number of hydrogen-bond donors (Lipinski definition) is 0. The first-order chi connectivity index (χ1) is 7.41. The smallest absolute Gasteiger partial charge is 0.0267 e. The van der Waals surface area contributed by atoms with Crippen LogP contribution in [0.1, 0.15) is 0 Å². The standard InChI is InChI=1S/2C5H5N.2HI.Pt/c2*1-2-4-6-5-3-1;;;/h2*1-5H;2*1H;/q;;;;+2/p-2. The van der Waals surface area contributed by atoms with Crippen molar-refractivity contribution in [1.82, 2.24) is 9.97 Å². The number of rotatable bonds is 0. The Morgan fingerprint density at radius 3 is 0.933 bits per heavy atom. The van der Waals surface area contributed by atoms with Gasteiger partial charge in [-0.1, -0.05) is 12.1 Å². The second kappa shape index (κ2) is 14.4. The van der Waals surface area contributed by atoms with E-state index in [1.54, 1.807) is 24.8 Å². The Bertz CT molecular complexity index is 210. The van der Waals surface area contributed by atoms with E-state index >= 15 is 0 Å². The quantitative estimate of drug-likeness (QED) is 0.425. The molecule has 0 aliphatic carbocycles. The van der Waals surface area contributed by atoms with Crippen LogP contribution in [0.25, 0.3) is 0 Å². The molecule has 0 N–H and O–H groups in total. The molecule has 0 amide bonds. The molecule has 0 fully saturated rings. The fourth-order valence-electron chi connectivity index (χ4n) is 0.625. The van der Waals surface area contributed by atoms with Gasteiger partial charge in [-0.15, -0.1) is 0 Å². The van der Waals surface area contributed by atoms with Gasteiger partial charge in [0.15, 0.2) is 0 Å². The second-order valence-corrected chi connectivity index (χ2v) is 18.7. The number of aromatic nitrogens is 2. The third-order valence-electron chi connectivity index (χ3n) is 1.13. The van der Waals surface area contributed by atoms with Crippen molar-refractivity contribution in [2.45, 2.75) is 0 Å². The van der Waals surface area contributed by atoms with E-state index in [-0.39, 0.29) is 0 Å². The van der Waals surface area contributed by atoms with Crippen molar-refractivity contribution < 1.29 is 11.2 Å². The molecular weight excluding hydrogens is 597 g/mol. The van der Waals surface area contributed by atoms with Gasteiger partial charge >= 0.3 is 49.9 Å². The van der Waals surface area contributed by atoms with E-state index in [9.17, 15) is 0 Å². The van der Waals surface area contributed by atoms with Crippen LogP contribution < -0.4 is 0 Å². The van der Waals surface area contributed by atoms with E-state index in [1.165, 1.54) is 0 Å². The molecule has 0 aliphatic heterocycles. The molecule has 15 heavy (non-hydrogen) atoms. The van der Waals surface area contributed by atoms with E-state index in [0.717, 1.165) is 0 Å². The summed E-state index contributed by atoms with van der Waals surface area (Å²) in [6.07, 6.45) is 7.00. The number of nitrogens with zero attached hydrogens (tertiary/aromatic N) is 2. The van der Waals surface area contributed by atoms with Crippen LogP contribution in [0.15, 0.2) is 61.2 Å². The molecule has 2 aromatic heterocycles. The predicted molar refractivity (Wildman–Crippen MR) is 76.5 cm³/mol. The van der Waals surface area contributed by atoms with Crippen molar-refractivity contribution in [2.75, 3.05) is 0 Å². The summed E-state index contributed by atoms with van der Waals surface area (Å²) in [5.74, 6) is 0. The molecule has 0 bridgehead atoms. The first-order valence-electron chi connectivity index (χ1n) is 3.94. The molecule has 0 radical (unpaired) electrons. The summed E-state index contributed by atoms with van der Waals surface area (Å²) < 4.78 is 0. The van der Waals surface area contributed by atoms with Crippen molar-refractivity contribution in [3.05, 3.63) is 61.2 Å². The first-order valence-corrected chi connectivity index (χ1v) is 16.8. The molecule has 0 aliphatic rings.